The maximum atomic E-state index is 12.9. The lowest BCUT2D eigenvalue weighted by atomic mass is 10.0. The van der Waals surface area contributed by atoms with Gasteiger partial charge in [0.25, 0.3) is 5.91 Å². The van der Waals surface area contributed by atoms with Gasteiger partial charge in [-0.1, -0.05) is 50.8 Å². The Hall–Kier alpha value is -2.20. The van der Waals surface area contributed by atoms with E-state index in [1.165, 1.54) is 19.3 Å². The summed E-state index contributed by atoms with van der Waals surface area (Å²) in [5, 5.41) is 8.18. The summed E-state index contributed by atoms with van der Waals surface area (Å²) < 4.78 is 0. The van der Waals surface area contributed by atoms with Crippen molar-refractivity contribution in [3.8, 4) is 11.3 Å². The minimum Gasteiger partial charge on any atom is -0.350 e. The topological polar surface area (TPSA) is 42.0 Å². The van der Waals surface area contributed by atoms with Crippen LogP contribution in [-0.4, -0.2) is 16.9 Å². The predicted octanol–water partition coefficient (Wildman–Crippen LogP) is 6.05. The molecule has 0 aliphatic rings. The lowest BCUT2D eigenvalue weighted by molar-refractivity contribution is 0.0939. The number of nitrogens with zero attached hydrogens (tertiary/aromatic N) is 1. The molecule has 26 heavy (non-hydrogen) atoms. The molecule has 0 saturated heterocycles. The zero-order valence-corrected chi connectivity index (χ0v) is 16.3. The van der Waals surface area contributed by atoms with Gasteiger partial charge in [-0.15, -0.1) is 0 Å². The van der Waals surface area contributed by atoms with Crippen LogP contribution in [0.5, 0.6) is 0 Å². The number of fused-ring (bicyclic) bond motifs is 1. The second-order valence-electron chi connectivity index (χ2n) is 6.81. The number of aromatic nitrogens is 1. The third-order valence-corrected chi connectivity index (χ3v) is 5.33. The lowest BCUT2D eigenvalue weighted by Crippen LogP contribution is -2.32. The van der Waals surface area contributed by atoms with E-state index in [0.717, 1.165) is 35.0 Å². The van der Waals surface area contributed by atoms with E-state index in [4.69, 9.17) is 4.98 Å². The van der Waals surface area contributed by atoms with Crippen LogP contribution in [0, 0.1) is 0 Å². The summed E-state index contributed by atoms with van der Waals surface area (Å²) >= 11 is 1.64. The number of benzene rings is 1. The van der Waals surface area contributed by atoms with Crippen molar-refractivity contribution in [3.05, 3.63) is 52.7 Å². The number of thiophene rings is 1. The number of para-hydroxylation sites is 1. The van der Waals surface area contributed by atoms with Crippen molar-refractivity contribution in [1.29, 1.82) is 0 Å². The Morgan fingerprint density at radius 3 is 2.81 bits per heavy atom. The number of unbranched alkanes of at least 4 members (excludes halogenated alkanes) is 3. The molecule has 0 radical (unpaired) electrons. The molecular weight excluding hydrogens is 340 g/mol. The van der Waals surface area contributed by atoms with Crippen molar-refractivity contribution in [2.24, 2.45) is 0 Å². The molecule has 1 aromatic carbocycles. The van der Waals surface area contributed by atoms with Gasteiger partial charge in [0, 0.05) is 22.4 Å². The fourth-order valence-corrected chi connectivity index (χ4v) is 3.82. The molecule has 0 spiro atoms. The minimum absolute atomic E-state index is 0.0110. The van der Waals surface area contributed by atoms with Gasteiger partial charge in [-0.2, -0.15) is 11.3 Å². The average Bonchev–Trinajstić information content (AvgIpc) is 3.19. The highest BCUT2D eigenvalue weighted by Crippen LogP contribution is 2.26. The van der Waals surface area contributed by atoms with E-state index in [1.54, 1.807) is 11.3 Å². The highest BCUT2D eigenvalue weighted by molar-refractivity contribution is 7.08. The third kappa shape index (κ3) is 4.50. The Morgan fingerprint density at radius 1 is 1.19 bits per heavy atom. The van der Waals surface area contributed by atoms with Gasteiger partial charge in [-0.05, 0) is 36.9 Å². The fraction of sp³-hybridized carbons (Fsp3) is 0.364. The Bertz CT molecular complexity index is 858. The van der Waals surface area contributed by atoms with Crippen LogP contribution >= 0.6 is 11.3 Å². The van der Waals surface area contributed by atoms with Crippen LogP contribution in [0.3, 0.4) is 0 Å². The van der Waals surface area contributed by atoms with E-state index in [-0.39, 0.29) is 11.9 Å². The lowest BCUT2D eigenvalue weighted by Gasteiger charge is -2.15. The number of hydrogen-bond donors (Lipinski definition) is 1. The Labute approximate surface area is 159 Å². The second kappa shape index (κ2) is 8.95. The molecule has 0 unspecified atom stereocenters. The molecule has 4 heteroatoms. The molecule has 1 amide bonds. The number of amides is 1. The maximum absolute atomic E-state index is 12.9. The molecule has 1 atom stereocenters. The molecular formula is C22H26N2OS. The van der Waals surface area contributed by atoms with Gasteiger partial charge in [0.15, 0.2) is 0 Å². The van der Waals surface area contributed by atoms with Crippen LogP contribution in [0.15, 0.2) is 47.2 Å². The first-order chi connectivity index (χ1) is 12.7. The summed E-state index contributed by atoms with van der Waals surface area (Å²) in [6, 6.07) is 12.0. The van der Waals surface area contributed by atoms with E-state index < -0.39 is 0 Å². The van der Waals surface area contributed by atoms with Crippen molar-refractivity contribution >= 4 is 28.1 Å². The molecule has 0 saturated carbocycles. The molecule has 0 aliphatic carbocycles. The number of rotatable bonds is 8. The predicted molar refractivity (Wildman–Crippen MR) is 111 cm³/mol. The van der Waals surface area contributed by atoms with Crippen LogP contribution in [0.1, 0.15) is 56.3 Å². The maximum Gasteiger partial charge on any atom is 0.252 e. The van der Waals surface area contributed by atoms with Crippen molar-refractivity contribution in [3.63, 3.8) is 0 Å². The van der Waals surface area contributed by atoms with Gasteiger partial charge < -0.3 is 5.32 Å². The van der Waals surface area contributed by atoms with Gasteiger partial charge in [0.2, 0.25) is 0 Å². The summed E-state index contributed by atoms with van der Waals surface area (Å²) in [7, 11) is 0. The number of hydrogen-bond acceptors (Lipinski definition) is 3. The first kappa shape index (κ1) is 18.6. The Balaban J connectivity index is 1.82. The summed E-state index contributed by atoms with van der Waals surface area (Å²) in [6.45, 7) is 4.30. The molecule has 3 aromatic rings. The highest BCUT2D eigenvalue weighted by Gasteiger charge is 2.15. The normalized spacial score (nSPS) is 12.2. The zero-order valence-electron chi connectivity index (χ0n) is 15.5. The van der Waals surface area contributed by atoms with Gasteiger partial charge in [0.1, 0.15) is 0 Å². The van der Waals surface area contributed by atoms with Gasteiger partial charge >= 0.3 is 0 Å². The molecule has 3 rings (SSSR count). The Kier molecular flexibility index (Phi) is 6.40. The molecule has 2 heterocycles. The zero-order chi connectivity index (χ0) is 18.4. The number of pyridine rings is 1. The van der Waals surface area contributed by atoms with Crippen molar-refractivity contribution < 1.29 is 4.79 Å². The number of nitrogens with one attached hydrogen (secondary N) is 1. The standard InChI is InChI=1S/C22H26N2OS/c1-3-4-5-6-9-16(2)23-22(25)19-14-21(17-12-13-26-15-17)24-20-11-8-7-10-18(19)20/h7-8,10-16H,3-6,9H2,1-2H3,(H,23,25)/t16-/m0/s1. The molecule has 2 aromatic heterocycles. The van der Waals surface area contributed by atoms with Gasteiger partial charge in [-0.3, -0.25) is 4.79 Å². The quantitative estimate of drug-likeness (QED) is 0.493. The number of carbonyl (C=O) groups excluding carboxylic acids is 1. The third-order valence-electron chi connectivity index (χ3n) is 4.65. The molecule has 3 nitrogen and oxygen atoms in total. The highest BCUT2D eigenvalue weighted by atomic mass is 32.1. The number of carbonyl (C=O) groups is 1. The van der Waals surface area contributed by atoms with Crippen molar-refractivity contribution in [2.45, 2.75) is 52.0 Å². The monoisotopic (exact) mass is 366 g/mol. The molecule has 0 bridgehead atoms. The van der Waals surface area contributed by atoms with Gasteiger partial charge in [0.05, 0.1) is 16.8 Å². The first-order valence-corrected chi connectivity index (χ1v) is 10.4. The van der Waals surface area contributed by atoms with E-state index >= 15 is 0 Å². The second-order valence-corrected chi connectivity index (χ2v) is 7.59. The summed E-state index contributed by atoms with van der Waals surface area (Å²) in [5.74, 6) is -0.0110. The SMILES string of the molecule is CCCCCC[C@H](C)NC(=O)c1cc(-c2ccsc2)nc2ccccc12. The average molecular weight is 367 g/mol. The van der Waals surface area contributed by atoms with Crippen LogP contribution in [-0.2, 0) is 0 Å². The van der Waals surface area contributed by atoms with E-state index in [0.29, 0.717) is 5.56 Å². The van der Waals surface area contributed by atoms with Crippen LogP contribution in [0.25, 0.3) is 22.2 Å². The van der Waals surface area contributed by atoms with Crippen LogP contribution < -0.4 is 5.32 Å². The van der Waals surface area contributed by atoms with E-state index in [1.807, 2.05) is 41.8 Å². The van der Waals surface area contributed by atoms with E-state index in [9.17, 15) is 4.79 Å². The van der Waals surface area contributed by atoms with Crippen LogP contribution in [0.4, 0.5) is 0 Å². The summed E-state index contributed by atoms with van der Waals surface area (Å²) in [6.07, 6.45) is 5.91. The Morgan fingerprint density at radius 2 is 2.04 bits per heavy atom. The summed E-state index contributed by atoms with van der Waals surface area (Å²) in [4.78, 5) is 17.7. The van der Waals surface area contributed by atoms with E-state index in [2.05, 4.69) is 24.5 Å². The molecule has 1 N–H and O–H groups in total. The van der Waals surface area contributed by atoms with Crippen LogP contribution in [0.2, 0.25) is 0 Å². The van der Waals surface area contributed by atoms with Crippen molar-refractivity contribution in [1.82, 2.24) is 10.3 Å². The van der Waals surface area contributed by atoms with Crippen molar-refractivity contribution in [2.75, 3.05) is 0 Å². The molecule has 0 aliphatic heterocycles. The summed E-state index contributed by atoms with van der Waals surface area (Å²) in [5.41, 5.74) is 3.47. The fourth-order valence-electron chi connectivity index (χ4n) is 3.17. The smallest absolute Gasteiger partial charge is 0.252 e. The molecule has 0 fully saturated rings. The first-order valence-electron chi connectivity index (χ1n) is 9.42. The minimum atomic E-state index is -0.0110. The molecule has 136 valence electrons. The largest absolute Gasteiger partial charge is 0.350 e. The van der Waals surface area contributed by atoms with Gasteiger partial charge in [-0.25, -0.2) is 4.98 Å².